The molecule has 1 aromatic rings. The second-order valence-corrected chi connectivity index (χ2v) is 6.74. The Hall–Kier alpha value is 0.110. The summed E-state index contributed by atoms with van der Waals surface area (Å²) in [6.45, 7) is 7.83. The summed E-state index contributed by atoms with van der Waals surface area (Å²) in [7, 11) is 0. The maximum atomic E-state index is 6.04. The van der Waals surface area contributed by atoms with E-state index in [1.165, 1.54) is 17.7 Å². The fourth-order valence-corrected chi connectivity index (χ4v) is 3.34. The summed E-state index contributed by atoms with van der Waals surface area (Å²) in [5.41, 5.74) is 0. The van der Waals surface area contributed by atoms with E-state index < -0.39 is 0 Å². The first-order chi connectivity index (χ1) is 9.08. The third-order valence-corrected chi connectivity index (χ3v) is 5.16. The molecule has 19 heavy (non-hydrogen) atoms. The molecule has 0 saturated carbocycles. The molecule has 0 aliphatic heterocycles. The van der Waals surface area contributed by atoms with E-state index in [0.29, 0.717) is 22.0 Å². The SMILES string of the molecule is CCCNC(CSc1ccc(Cl)c(Cl)c1)C(C)CC. The predicted octanol–water partition coefficient (Wildman–Crippen LogP) is 5.50. The van der Waals surface area contributed by atoms with E-state index >= 15 is 0 Å². The summed E-state index contributed by atoms with van der Waals surface area (Å²) in [6.07, 6.45) is 2.37. The molecule has 0 radical (unpaired) electrons. The summed E-state index contributed by atoms with van der Waals surface area (Å²) >= 11 is 13.8. The van der Waals surface area contributed by atoms with Crippen molar-refractivity contribution in [2.45, 2.75) is 44.6 Å². The van der Waals surface area contributed by atoms with Gasteiger partial charge in [-0.1, -0.05) is 50.4 Å². The first-order valence-corrected chi connectivity index (χ1v) is 8.63. The average molecular weight is 320 g/mol. The normalized spacial score (nSPS) is 14.4. The molecule has 1 N–H and O–H groups in total. The highest BCUT2D eigenvalue weighted by atomic mass is 35.5. The zero-order valence-corrected chi connectivity index (χ0v) is 14.2. The van der Waals surface area contributed by atoms with Crippen LogP contribution in [-0.2, 0) is 0 Å². The molecule has 0 aliphatic carbocycles. The van der Waals surface area contributed by atoms with Crippen molar-refractivity contribution in [1.29, 1.82) is 0 Å². The molecule has 2 unspecified atom stereocenters. The number of halogens is 2. The lowest BCUT2D eigenvalue weighted by molar-refractivity contribution is 0.397. The number of nitrogens with one attached hydrogen (secondary N) is 1. The van der Waals surface area contributed by atoms with Crippen molar-refractivity contribution in [2.24, 2.45) is 5.92 Å². The highest BCUT2D eigenvalue weighted by Gasteiger charge is 2.15. The standard InChI is InChI=1S/C15H23Cl2NS/c1-4-8-18-15(11(3)5-2)10-19-12-6-7-13(16)14(17)9-12/h6-7,9,11,15,18H,4-5,8,10H2,1-3H3. The molecular weight excluding hydrogens is 297 g/mol. The maximum Gasteiger partial charge on any atom is 0.0603 e. The van der Waals surface area contributed by atoms with E-state index in [1.807, 2.05) is 30.0 Å². The molecular formula is C15H23Cl2NS. The first kappa shape index (κ1) is 17.2. The van der Waals surface area contributed by atoms with Gasteiger partial charge in [0.1, 0.15) is 0 Å². The highest BCUT2D eigenvalue weighted by Crippen LogP contribution is 2.29. The van der Waals surface area contributed by atoms with E-state index in [4.69, 9.17) is 23.2 Å². The van der Waals surface area contributed by atoms with Gasteiger partial charge in [0.15, 0.2) is 0 Å². The van der Waals surface area contributed by atoms with Crippen LogP contribution in [0.3, 0.4) is 0 Å². The first-order valence-electron chi connectivity index (χ1n) is 6.89. The minimum Gasteiger partial charge on any atom is -0.313 e. The molecule has 0 bridgehead atoms. The molecule has 4 heteroatoms. The predicted molar refractivity (Wildman–Crippen MR) is 88.7 cm³/mol. The Kier molecular flexibility index (Phi) is 8.24. The zero-order valence-electron chi connectivity index (χ0n) is 11.9. The summed E-state index contributed by atoms with van der Waals surface area (Å²) in [4.78, 5) is 1.18. The molecule has 2 atom stereocenters. The molecule has 0 amide bonds. The van der Waals surface area contributed by atoms with Crippen LogP contribution in [0.1, 0.15) is 33.6 Å². The van der Waals surface area contributed by atoms with Crippen molar-refractivity contribution >= 4 is 35.0 Å². The Balaban J connectivity index is 2.56. The third kappa shape index (κ3) is 5.95. The van der Waals surface area contributed by atoms with Gasteiger partial charge in [-0.3, -0.25) is 0 Å². The number of benzene rings is 1. The van der Waals surface area contributed by atoms with Crippen LogP contribution in [-0.4, -0.2) is 18.3 Å². The Morgan fingerprint density at radius 1 is 1.21 bits per heavy atom. The average Bonchev–Trinajstić information content (AvgIpc) is 2.42. The lowest BCUT2D eigenvalue weighted by Gasteiger charge is -2.24. The molecule has 0 heterocycles. The molecule has 1 rings (SSSR count). The zero-order chi connectivity index (χ0) is 14.3. The van der Waals surface area contributed by atoms with Gasteiger partial charge in [-0.15, -0.1) is 11.8 Å². The van der Waals surface area contributed by atoms with Gasteiger partial charge in [0.05, 0.1) is 10.0 Å². The molecule has 108 valence electrons. The second kappa shape index (κ2) is 9.12. The van der Waals surface area contributed by atoms with Crippen LogP contribution in [0, 0.1) is 5.92 Å². The van der Waals surface area contributed by atoms with Crippen molar-refractivity contribution in [3.63, 3.8) is 0 Å². The molecule has 0 fully saturated rings. The highest BCUT2D eigenvalue weighted by molar-refractivity contribution is 7.99. The van der Waals surface area contributed by atoms with Crippen molar-refractivity contribution in [3.05, 3.63) is 28.2 Å². The van der Waals surface area contributed by atoms with Gasteiger partial charge in [0, 0.05) is 16.7 Å². The van der Waals surface area contributed by atoms with E-state index in [-0.39, 0.29) is 0 Å². The van der Waals surface area contributed by atoms with Crippen LogP contribution < -0.4 is 5.32 Å². The minimum atomic E-state index is 0.546. The minimum absolute atomic E-state index is 0.546. The summed E-state index contributed by atoms with van der Waals surface area (Å²) < 4.78 is 0. The van der Waals surface area contributed by atoms with E-state index in [1.54, 1.807) is 0 Å². The smallest absolute Gasteiger partial charge is 0.0603 e. The number of thioether (sulfide) groups is 1. The third-order valence-electron chi connectivity index (χ3n) is 3.31. The van der Waals surface area contributed by atoms with Crippen LogP contribution >= 0.6 is 35.0 Å². The van der Waals surface area contributed by atoms with E-state index in [0.717, 1.165) is 12.3 Å². The number of rotatable bonds is 8. The van der Waals surface area contributed by atoms with E-state index in [9.17, 15) is 0 Å². The van der Waals surface area contributed by atoms with Gasteiger partial charge >= 0.3 is 0 Å². The van der Waals surface area contributed by atoms with E-state index in [2.05, 4.69) is 26.1 Å². The quantitative estimate of drug-likeness (QED) is 0.635. The van der Waals surface area contributed by atoms with Crippen LogP contribution in [0.5, 0.6) is 0 Å². The van der Waals surface area contributed by atoms with Gasteiger partial charge in [0.25, 0.3) is 0 Å². The maximum absolute atomic E-state index is 6.04. The molecule has 1 aromatic carbocycles. The largest absolute Gasteiger partial charge is 0.313 e. The molecule has 0 aromatic heterocycles. The van der Waals surface area contributed by atoms with Crippen LogP contribution in [0.4, 0.5) is 0 Å². The Morgan fingerprint density at radius 3 is 2.53 bits per heavy atom. The van der Waals surface area contributed by atoms with Crippen molar-refractivity contribution in [1.82, 2.24) is 5.32 Å². The molecule has 0 saturated heterocycles. The Labute approximate surface area is 131 Å². The monoisotopic (exact) mass is 319 g/mol. The van der Waals surface area contributed by atoms with Gasteiger partial charge in [-0.05, 0) is 37.1 Å². The topological polar surface area (TPSA) is 12.0 Å². The summed E-state index contributed by atoms with van der Waals surface area (Å²) in [5.74, 6) is 1.74. The van der Waals surface area contributed by atoms with Gasteiger partial charge < -0.3 is 5.32 Å². The fourth-order valence-electron chi connectivity index (χ4n) is 1.79. The lowest BCUT2D eigenvalue weighted by atomic mass is 10.0. The van der Waals surface area contributed by atoms with Crippen molar-refractivity contribution in [2.75, 3.05) is 12.3 Å². The van der Waals surface area contributed by atoms with Crippen molar-refractivity contribution < 1.29 is 0 Å². The summed E-state index contributed by atoms with van der Waals surface area (Å²) in [6, 6.07) is 6.39. The Morgan fingerprint density at radius 2 is 1.95 bits per heavy atom. The molecule has 0 aliphatic rings. The Bertz CT molecular complexity index is 384. The summed E-state index contributed by atoms with van der Waals surface area (Å²) in [5, 5.41) is 4.89. The fraction of sp³-hybridized carbons (Fsp3) is 0.600. The van der Waals surface area contributed by atoms with Crippen LogP contribution in [0.15, 0.2) is 23.1 Å². The number of hydrogen-bond donors (Lipinski definition) is 1. The second-order valence-electron chi connectivity index (χ2n) is 4.83. The van der Waals surface area contributed by atoms with Crippen LogP contribution in [0.25, 0.3) is 0 Å². The van der Waals surface area contributed by atoms with Gasteiger partial charge in [0.2, 0.25) is 0 Å². The van der Waals surface area contributed by atoms with Gasteiger partial charge in [-0.25, -0.2) is 0 Å². The molecule has 0 spiro atoms. The van der Waals surface area contributed by atoms with Crippen molar-refractivity contribution in [3.8, 4) is 0 Å². The number of hydrogen-bond acceptors (Lipinski definition) is 2. The molecule has 1 nitrogen and oxygen atoms in total. The van der Waals surface area contributed by atoms with Crippen LogP contribution in [0.2, 0.25) is 10.0 Å². The lowest BCUT2D eigenvalue weighted by Crippen LogP contribution is -2.37. The van der Waals surface area contributed by atoms with Gasteiger partial charge in [-0.2, -0.15) is 0 Å².